The third kappa shape index (κ3) is 2.28. The summed E-state index contributed by atoms with van der Waals surface area (Å²) in [6.07, 6.45) is 8.28. The second kappa shape index (κ2) is 4.33. The molecule has 14 heavy (non-hydrogen) atoms. The Kier molecular flexibility index (Phi) is 3.09. The van der Waals surface area contributed by atoms with Crippen molar-refractivity contribution in [2.45, 2.75) is 45.4 Å². The molecule has 0 heterocycles. The van der Waals surface area contributed by atoms with Crippen LogP contribution in [0, 0.1) is 17.8 Å². The van der Waals surface area contributed by atoms with E-state index in [0.717, 1.165) is 11.8 Å². The second-order valence-corrected chi connectivity index (χ2v) is 4.94. The summed E-state index contributed by atoms with van der Waals surface area (Å²) in [6, 6.07) is 0. The number of hydrogen-bond donors (Lipinski definition) is 0. The van der Waals surface area contributed by atoms with E-state index < -0.39 is 0 Å². The number of rotatable bonds is 2. The van der Waals surface area contributed by atoms with Crippen LogP contribution in [0.1, 0.15) is 45.4 Å². The van der Waals surface area contributed by atoms with Gasteiger partial charge in [0.05, 0.1) is 6.61 Å². The Balaban J connectivity index is 1.78. The summed E-state index contributed by atoms with van der Waals surface area (Å²) in [6.45, 7) is 2.17. The van der Waals surface area contributed by atoms with Crippen LogP contribution in [0.15, 0.2) is 0 Å². The Morgan fingerprint density at radius 1 is 1.21 bits per heavy atom. The van der Waals surface area contributed by atoms with Gasteiger partial charge in [-0.2, -0.15) is 0 Å². The Morgan fingerprint density at radius 2 is 1.79 bits per heavy atom. The molecule has 0 aromatic rings. The average molecular weight is 196 g/mol. The number of ether oxygens (including phenoxy) is 1. The highest BCUT2D eigenvalue weighted by atomic mass is 16.5. The van der Waals surface area contributed by atoms with Crippen molar-refractivity contribution in [3.8, 4) is 0 Å². The summed E-state index contributed by atoms with van der Waals surface area (Å²) < 4.78 is 5.09. The minimum Gasteiger partial charge on any atom is -0.466 e. The number of hydrogen-bond acceptors (Lipinski definition) is 2. The lowest BCUT2D eigenvalue weighted by molar-refractivity contribution is -0.142. The highest BCUT2D eigenvalue weighted by Gasteiger charge is 2.35. The number of esters is 1. The van der Waals surface area contributed by atoms with Crippen LogP contribution in [0.5, 0.6) is 0 Å². The molecule has 1 unspecified atom stereocenters. The molecule has 0 amide bonds. The smallest absolute Gasteiger partial charge is 0.302 e. The Hall–Kier alpha value is -0.530. The van der Waals surface area contributed by atoms with Gasteiger partial charge >= 0.3 is 5.97 Å². The van der Waals surface area contributed by atoms with Crippen molar-refractivity contribution >= 4 is 5.97 Å². The van der Waals surface area contributed by atoms with Gasteiger partial charge in [-0.3, -0.25) is 4.79 Å². The number of carbonyl (C=O) groups excluding carboxylic acids is 1. The Bertz CT molecular complexity index is 198. The van der Waals surface area contributed by atoms with E-state index in [0.29, 0.717) is 12.5 Å². The van der Waals surface area contributed by atoms with Crippen LogP contribution in [-0.4, -0.2) is 12.6 Å². The van der Waals surface area contributed by atoms with Gasteiger partial charge in [0.15, 0.2) is 0 Å². The molecule has 2 fully saturated rings. The van der Waals surface area contributed by atoms with Crippen molar-refractivity contribution in [3.63, 3.8) is 0 Å². The molecule has 3 atom stereocenters. The molecule has 0 aliphatic heterocycles. The first kappa shape index (κ1) is 10.0. The van der Waals surface area contributed by atoms with E-state index in [-0.39, 0.29) is 5.97 Å². The maximum Gasteiger partial charge on any atom is 0.302 e. The number of carbonyl (C=O) groups is 1. The van der Waals surface area contributed by atoms with Crippen LogP contribution >= 0.6 is 0 Å². The van der Waals surface area contributed by atoms with Crippen LogP contribution in [-0.2, 0) is 9.53 Å². The van der Waals surface area contributed by atoms with Crippen LogP contribution in [0.3, 0.4) is 0 Å². The predicted molar refractivity (Wildman–Crippen MR) is 54.8 cm³/mol. The number of fused-ring (bicyclic) bond motifs is 1. The predicted octanol–water partition coefficient (Wildman–Crippen LogP) is 2.77. The van der Waals surface area contributed by atoms with E-state index in [1.165, 1.54) is 45.4 Å². The van der Waals surface area contributed by atoms with Crippen LogP contribution < -0.4 is 0 Å². The zero-order valence-corrected chi connectivity index (χ0v) is 9.00. The lowest BCUT2D eigenvalue weighted by Crippen LogP contribution is -2.12. The Labute approximate surface area is 86.0 Å². The van der Waals surface area contributed by atoms with Crippen molar-refractivity contribution in [2.24, 2.45) is 17.8 Å². The summed E-state index contributed by atoms with van der Waals surface area (Å²) in [5, 5.41) is 0. The van der Waals surface area contributed by atoms with Gasteiger partial charge in [-0.1, -0.05) is 25.7 Å². The van der Waals surface area contributed by atoms with Crippen molar-refractivity contribution < 1.29 is 9.53 Å². The second-order valence-electron chi connectivity index (χ2n) is 4.94. The van der Waals surface area contributed by atoms with E-state index in [2.05, 4.69) is 0 Å². The lowest BCUT2D eigenvalue weighted by atomic mass is 9.82. The first-order valence-electron chi connectivity index (χ1n) is 5.89. The van der Waals surface area contributed by atoms with E-state index in [1.807, 2.05) is 0 Å². The minimum absolute atomic E-state index is 0.125. The zero-order chi connectivity index (χ0) is 9.97. The summed E-state index contributed by atoms with van der Waals surface area (Å²) in [7, 11) is 0. The molecule has 2 aliphatic rings. The molecule has 2 saturated carbocycles. The normalized spacial score (nSPS) is 36.5. The highest BCUT2D eigenvalue weighted by Crippen LogP contribution is 2.45. The summed E-state index contributed by atoms with van der Waals surface area (Å²) in [5.74, 6) is 2.43. The third-order valence-electron chi connectivity index (χ3n) is 3.86. The quantitative estimate of drug-likeness (QED) is 0.635. The van der Waals surface area contributed by atoms with Gasteiger partial charge in [-0.05, 0) is 30.6 Å². The van der Waals surface area contributed by atoms with Gasteiger partial charge in [-0.25, -0.2) is 0 Å². The largest absolute Gasteiger partial charge is 0.466 e. The zero-order valence-electron chi connectivity index (χ0n) is 9.00. The summed E-state index contributed by atoms with van der Waals surface area (Å²) in [4.78, 5) is 10.7. The molecule has 2 heteroatoms. The minimum atomic E-state index is -0.125. The molecule has 80 valence electrons. The van der Waals surface area contributed by atoms with Crippen molar-refractivity contribution in [2.75, 3.05) is 6.61 Å². The molecule has 0 saturated heterocycles. The molecule has 2 nitrogen and oxygen atoms in total. The van der Waals surface area contributed by atoms with Crippen LogP contribution in [0.4, 0.5) is 0 Å². The molecule has 0 spiro atoms. The molecule has 2 rings (SSSR count). The van der Waals surface area contributed by atoms with E-state index >= 15 is 0 Å². The summed E-state index contributed by atoms with van der Waals surface area (Å²) >= 11 is 0. The summed E-state index contributed by atoms with van der Waals surface area (Å²) in [5.41, 5.74) is 0. The fraction of sp³-hybridized carbons (Fsp3) is 0.917. The topological polar surface area (TPSA) is 26.3 Å². The van der Waals surface area contributed by atoms with Crippen LogP contribution in [0.25, 0.3) is 0 Å². The van der Waals surface area contributed by atoms with E-state index in [4.69, 9.17) is 4.74 Å². The maximum absolute atomic E-state index is 10.7. The molecule has 0 N–H and O–H groups in total. The van der Waals surface area contributed by atoms with Crippen molar-refractivity contribution in [3.05, 3.63) is 0 Å². The fourth-order valence-electron chi connectivity index (χ4n) is 3.23. The molecule has 0 bridgehead atoms. The van der Waals surface area contributed by atoms with E-state index in [9.17, 15) is 4.79 Å². The molecule has 0 aromatic carbocycles. The van der Waals surface area contributed by atoms with Gasteiger partial charge in [0.25, 0.3) is 0 Å². The highest BCUT2D eigenvalue weighted by molar-refractivity contribution is 5.65. The molecular formula is C12H20O2. The lowest BCUT2D eigenvalue weighted by Gasteiger charge is -2.24. The van der Waals surface area contributed by atoms with Crippen LogP contribution in [0.2, 0.25) is 0 Å². The monoisotopic (exact) mass is 196 g/mol. The van der Waals surface area contributed by atoms with Gasteiger partial charge in [0.1, 0.15) is 0 Å². The van der Waals surface area contributed by atoms with Crippen molar-refractivity contribution in [1.82, 2.24) is 0 Å². The maximum atomic E-state index is 10.7. The van der Waals surface area contributed by atoms with Crippen molar-refractivity contribution in [1.29, 1.82) is 0 Å². The van der Waals surface area contributed by atoms with Gasteiger partial charge < -0.3 is 4.74 Å². The molecule has 0 aromatic heterocycles. The standard InChI is InChI=1S/C12H20O2/c1-9(13)14-8-10-6-11-4-2-3-5-12(11)7-10/h10-12H,2-8H2,1H3/t10?,11-,12+. The van der Waals surface area contributed by atoms with Gasteiger partial charge in [-0.15, -0.1) is 0 Å². The van der Waals surface area contributed by atoms with Gasteiger partial charge in [0, 0.05) is 6.92 Å². The average Bonchev–Trinajstić information content (AvgIpc) is 2.57. The first-order chi connectivity index (χ1) is 6.75. The first-order valence-corrected chi connectivity index (χ1v) is 5.89. The molecule has 0 radical (unpaired) electrons. The van der Waals surface area contributed by atoms with Gasteiger partial charge in [0.2, 0.25) is 0 Å². The SMILES string of the molecule is CC(=O)OCC1C[C@H]2CCCC[C@H]2C1. The third-order valence-corrected chi connectivity index (χ3v) is 3.86. The fourth-order valence-corrected chi connectivity index (χ4v) is 3.23. The molecule has 2 aliphatic carbocycles. The van der Waals surface area contributed by atoms with E-state index in [1.54, 1.807) is 0 Å². The molecular weight excluding hydrogens is 176 g/mol. The Morgan fingerprint density at radius 3 is 2.29 bits per heavy atom.